The van der Waals surface area contributed by atoms with Crippen molar-refractivity contribution in [3.05, 3.63) is 47.1 Å². The van der Waals surface area contributed by atoms with Crippen molar-refractivity contribution in [2.45, 2.75) is 46.6 Å². The average molecular weight is 422 g/mol. The molecular formula is C25H35N5O. The molecule has 6 nitrogen and oxygen atoms in total. The number of nitrogens with one attached hydrogen (secondary N) is 1. The Morgan fingerprint density at radius 2 is 2.16 bits per heavy atom. The number of piperazine rings is 1. The quantitative estimate of drug-likeness (QED) is 0.698. The number of phenols is 1. The predicted octanol–water partition coefficient (Wildman–Crippen LogP) is 4.27. The zero-order chi connectivity index (χ0) is 22.4. The van der Waals surface area contributed by atoms with Crippen LogP contribution in [0.25, 0.3) is 5.57 Å². The Labute approximate surface area is 186 Å². The lowest BCUT2D eigenvalue weighted by Crippen LogP contribution is -2.54. The van der Waals surface area contributed by atoms with Crippen LogP contribution in [0.5, 0.6) is 5.75 Å². The van der Waals surface area contributed by atoms with E-state index in [1.165, 1.54) is 5.57 Å². The fourth-order valence-electron chi connectivity index (χ4n) is 4.00. The Bertz CT molecular complexity index is 939. The van der Waals surface area contributed by atoms with E-state index in [1.54, 1.807) is 19.3 Å². The van der Waals surface area contributed by atoms with Gasteiger partial charge in [0.1, 0.15) is 11.6 Å². The molecule has 3 rings (SSSR count). The molecule has 2 aliphatic heterocycles. The molecule has 2 aliphatic rings. The first-order valence-corrected chi connectivity index (χ1v) is 11.2. The molecule has 1 fully saturated rings. The summed E-state index contributed by atoms with van der Waals surface area (Å²) < 4.78 is 0. The predicted molar refractivity (Wildman–Crippen MR) is 131 cm³/mol. The van der Waals surface area contributed by atoms with Crippen LogP contribution < -0.4 is 5.32 Å². The standard InChI is InChI=1S/C25H35N5O/c1-6-18-12-22(21-9-8-20(14-24(21)31)19(7-2)15-26-5)28-29-25(13-18)30-11-10-27-23(16-30)17(3)4/h7-9,12,14-15,17,23,27,31H,6,10-11,13,16H2,1-5H3/b19-7+,26-15?. The SMILES string of the molecule is C/C=C(\C=NC)c1ccc(C2=NN=C(N3CCNC(C(C)C)C3)CC(CC)=C2)c(O)c1. The van der Waals surface area contributed by atoms with Crippen molar-refractivity contribution in [3.8, 4) is 5.75 Å². The topological polar surface area (TPSA) is 72.6 Å². The van der Waals surface area contributed by atoms with Crippen molar-refractivity contribution in [3.63, 3.8) is 0 Å². The van der Waals surface area contributed by atoms with Crippen LogP contribution in [0.3, 0.4) is 0 Å². The number of allylic oxidation sites excluding steroid dienone is 3. The molecule has 2 N–H and O–H groups in total. The van der Waals surface area contributed by atoms with E-state index in [-0.39, 0.29) is 5.75 Å². The van der Waals surface area contributed by atoms with Crippen molar-refractivity contribution in [1.29, 1.82) is 0 Å². The molecule has 0 aromatic heterocycles. The van der Waals surface area contributed by atoms with Gasteiger partial charge in [-0.15, -0.1) is 10.2 Å². The molecule has 1 aromatic rings. The summed E-state index contributed by atoms with van der Waals surface area (Å²) in [6.07, 6.45) is 7.57. The molecule has 6 heteroatoms. The monoisotopic (exact) mass is 421 g/mol. The number of hydrogen-bond acceptors (Lipinski definition) is 6. The molecule has 166 valence electrons. The van der Waals surface area contributed by atoms with Gasteiger partial charge >= 0.3 is 0 Å². The zero-order valence-electron chi connectivity index (χ0n) is 19.4. The van der Waals surface area contributed by atoms with Crippen LogP contribution in [0.15, 0.2) is 51.1 Å². The van der Waals surface area contributed by atoms with Crippen molar-refractivity contribution in [2.75, 3.05) is 26.7 Å². The molecule has 1 atom stereocenters. The van der Waals surface area contributed by atoms with Gasteiger partial charge in [-0.2, -0.15) is 0 Å². The Kier molecular flexibility index (Phi) is 7.80. The molecule has 0 aliphatic carbocycles. The highest BCUT2D eigenvalue weighted by Gasteiger charge is 2.25. The van der Waals surface area contributed by atoms with Crippen LogP contribution in [0.1, 0.15) is 51.7 Å². The van der Waals surface area contributed by atoms with E-state index in [2.05, 4.69) is 52.3 Å². The third-order valence-electron chi connectivity index (χ3n) is 6.01. The number of benzene rings is 1. The van der Waals surface area contributed by atoms with Crippen LogP contribution in [-0.4, -0.2) is 60.5 Å². The summed E-state index contributed by atoms with van der Waals surface area (Å²) in [5.41, 5.74) is 4.57. The van der Waals surface area contributed by atoms with E-state index in [9.17, 15) is 5.11 Å². The van der Waals surface area contributed by atoms with Gasteiger partial charge in [0.15, 0.2) is 0 Å². The maximum atomic E-state index is 10.8. The van der Waals surface area contributed by atoms with Crippen LogP contribution in [0, 0.1) is 5.92 Å². The van der Waals surface area contributed by atoms with E-state index in [4.69, 9.17) is 0 Å². The molecule has 1 saturated heterocycles. The Balaban J connectivity index is 1.92. The first-order valence-electron chi connectivity index (χ1n) is 11.2. The van der Waals surface area contributed by atoms with E-state index in [0.29, 0.717) is 23.2 Å². The van der Waals surface area contributed by atoms with E-state index in [0.717, 1.165) is 49.4 Å². The average Bonchev–Trinajstić information content (AvgIpc) is 3.00. The van der Waals surface area contributed by atoms with Gasteiger partial charge in [-0.05, 0) is 48.6 Å². The van der Waals surface area contributed by atoms with Crippen molar-refractivity contribution < 1.29 is 5.11 Å². The molecule has 1 aromatic carbocycles. The van der Waals surface area contributed by atoms with Gasteiger partial charge in [-0.1, -0.05) is 38.5 Å². The second kappa shape index (κ2) is 10.5. The van der Waals surface area contributed by atoms with E-state index in [1.807, 2.05) is 25.1 Å². The highest BCUT2D eigenvalue weighted by atomic mass is 16.3. The molecule has 0 amide bonds. The third-order valence-corrected chi connectivity index (χ3v) is 6.01. The van der Waals surface area contributed by atoms with Crippen LogP contribution in [-0.2, 0) is 0 Å². The molecule has 0 spiro atoms. The lowest BCUT2D eigenvalue weighted by atomic mass is 9.98. The van der Waals surface area contributed by atoms with Gasteiger partial charge in [-0.25, -0.2) is 0 Å². The summed E-state index contributed by atoms with van der Waals surface area (Å²) in [6.45, 7) is 11.5. The minimum absolute atomic E-state index is 0.201. The maximum absolute atomic E-state index is 10.8. The molecule has 0 saturated carbocycles. The van der Waals surface area contributed by atoms with Crippen molar-refractivity contribution in [2.24, 2.45) is 21.1 Å². The van der Waals surface area contributed by atoms with Crippen molar-refractivity contribution in [1.82, 2.24) is 10.2 Å². The number of nitrogens with zero attached hydrogens (tertiary/aromatic N) is 4. The van der Waals surface area contributed by atoms with Gasteiger partial charge in [0.2, 0.25) is 0 Å². The van der Waals surface area contributed by atoms with E-state index >= 15 is 0 Å². The fraction of sp³-hybridized carbons (Fsp3) is 0.480. The fourth-order valence-corrected chi connectivity index (χ4v) is 4.00. The van der Waals surface area contributed by atoms with Gasteiger partial charge in [0.05, 0.1) is 5.71 Å². The Morgan fingerprint density at radius 3 is 2.81 bits per heavy atom. The summed E-state index contributed by atoms with van der Waals surface area (Å²) in [4.78, 5) is 6.46. The van der Waals surface area contributed by atoms with Gasteiger partial charge in [0.25, 0.3) is 0 Å². The summed E-state index contributed by atoms with van der Waals surface area (Å²) in [5.74, 6) is 1.79. The Morgan fingerprint density at radius 1 is 1.35 bits per heavy atom. The molecule has 2 heterocycles. The highest BCUT2D eigenvalue weighted by Crippen LogP contribution is 2.26. The molecule has 0 radical (unpaired) electrons. The van der Waals surface area contributed by atoms with Gasteiger partial charge < -0.3 is 15.3 Å². The Hall–Kier alpha value is -2.73. The maximum Gasteiger partial charge on any atom is 0.131 e. The zero-order valence-corrected chi connectivity index (χ0v) is 19.4. The van der Waals surface area contributed by atoms with Gasteiger partial charge in [-0.3, -0.25) is 4.99 Å². The number of hydrogen-bond donors (Lipinski definition) is 2. The summed E-state index contributed by atoms with van der Waals surface area (Å²) in [7, 11) is 1.74. The largest absolute Gasteiger partial charge is 0.507 e. The minimum atomic E-state index is 0.201. The third kappa shape index (κ3) is 5.50. The van der Waals surface area contributed by atoms with Gasteiger partial charge in [0, 0.05) is 50.9 Å². The number of aliphatic imine (C=N–C) groups is 1. The van der Waals surface area contributed by atoms with Crippen LogP contribution in [0.4, 0.5) is 0 Å². The smallest absolute Gasteiger partial charge is 0.131 e. The minimum Gasteiger partial charge on any atom is -0.507 e. The van der Waals surface area contributed by atoms with E-state index < -0.39 is 0 Å². The lowest BCUT2D eigenvalue weighted by Gasteiger charge is -2.37. The highest BCUT2D eigenvalue weighted by molar-refractivity contribution is 6.13. The number of amidine groups is 1. The second-order valence-corrected chi connectivity index (χ2v) is 8.45. The first-order chi connectivity index (χ1) is 15.0. The van der Waals surface area contributed by atoms with Crippen LogP contribution in [0.2, 0.25) is 0 Å². The van der Waals surface area contributed by atoms with Crippen LogP contribution >= 0.6 is 0 Å². The number of rotatable bonds is 5. The molecule has 0 bridgehead atoms. The normalized spacial score (nSPS) is 20.6. The molecular weight excluding hydrogens is 386 g/mol. The molecule has 31 heavy (non-hydrogen) atoms. The number of aromatic hydroxyl groups is 1. The molecule has 1 unspecified atom stereocenters. The summed E-state index contributed by atoms with van der Waals surface area (Å²) >= 11 is 0. The number of phenolic OH excluding ortho intramolecular Hbond substituents is 1. The van der Waals surface area contributed by atoms with Crippen molar-refractivity contribution >= 4 is 23.3 Å². The second-order valence-electron chi connectivity index (χ2n) is 8.45. The summed E-state index contributed by atoms with van der Waals surface area (Å²) in [5, 5.41) is 23.6. The first kappa shape index (κ1) is 22.9. The summed E-state index contributed by atoms with van der Waals surface area (Å²) in [6, 6.07) is 6.14. The lowest BCUT2D eigenvalue weighted by molar-refractivity contribution is 0.246.